The molecule has 2 heterocycles. The zero-order valence-electron chi connectivity index (χ0n) is 34.6. The normalized spacial score (nSPS) is 18.2. The molecule has 2 rings (SSSR count). The Hall–Kier alpha value is -4.97. The van der Waals surface area contributed by atoms with Gasteiger partial charge in [-0.2, -0.15) is 0 Å². The molecule has 1 spiro atoms. The van der Waals surface area contributed by atoms with E-state index in [-0.39, 0.29) is 52.4 Å². The first kappa shape index (κ1) is 56.4. The molecule has 2 saturated heterocycles. The summed E-state index contributed by atoms with van der Waals surface area (Å²) >= 11 is 0. The standard InChI is InChI=1S/C12H13BO8.C12H24O4Si2.C6H8O4.C5H8O2.Li.H/c1-3-5-7-9(14)18-13(19-10(7)15)20-11(16)8(6-4-2)12(17)21-13;1-8-9-10(11(13)15-17(2,3)4)12(14)16-18(5,6)7;1-2-3-4(5(7)8)6(9)10;1-2-3-4-5(6)7;;/h3-4,7-8,18H,1-2,5-6H2;8,10H,1,9H2,2-7H3;2,4H,1,3H2,(H,7,8)(H,9,10);2H,1,3-4H2,(H,6,7);;/q;;;;+1;-1. The van der Waals surface area contributed by atoms with Crippen molar-refractivity contribution < 1.29 is 106 Å². The van der Waals surface area contributed by atoms with Gasteiger partial charge in [-0.3, -0.25) is 38.4 Å². The third-order valence-corrected chi connectivity index (χ3v) is 8.01. The molecule has 18 nitrogen and oxygen atoms in total. The van der Waals surface area contributed by atoms with Gasteiger partial charge < -0.3 is 44.2 Å². The quantitative estimate of drug-likeness (QED) is 0.0796. The molecular formula is C35H54BLiO18Si2. The number of aliphatic carboxylic acids is 4. The summed E-state index contributed by atoms with van der Waals surface area (Å²) in [7, 11) is -3.99. The zero-order chi connectivity index (χ0) is 44.0. The van der Waals surface area contributed by atoms with Gasteiger partial charge in [0.25, 0.3) is 17.9 Å². The fourth-order valence-electron chi connectivity index (χ4n) is 3.90. The summed E-state index contributed by atoms with van der Waals surface area (Å²) in [5.74, 6) is -12.8. The van der Waals surface area contributed by atoms with Crippen LogP contribution < -0.4 is 18.9 Å². The van der Waals surface area contributed by atoms with Crippen LogP contribution in [0.2, 0.25) is 39.3 Å². The maximum absolute atomic E-state index is 12.0. The molecule has 57 heavy (non-hydrogen) atoms. The molecule has 0 aromatic rings. The smallest absolute Gasteiger partial charge is 1.00 e. The Morgan fingerprint density at radius 3 is 1.32 bits per heavy atom. The minimum absolute atomic E-state index is 0. The van der Waals surface area contributed by atoms with E-state index in [9.17, 15) is 43.2 Å². The van der Waals surface area contributed by atoms with E-state index in [1.165, 1.54) is 18.2 Å². The molecule has 2 aliphatic rings. The van der Waals surface area contributed by atoms with Crippen LogP contribution in [0.15, 0.2) is 63.3 Å². The molecule has 2 fully saturated rings. The second kappa shape index (κ2) is 26.8. The summed E-state index contributed by atoms with van der Waals surface area (Å²) in [5.41, 5.74) is 0. The molecule has 1 atom stereocenters. The monoisotopic (exact) mass is 836 g/mol. The Balaban J connectivity index is -0.000000358. The van der Waals surface area contributed by atoms with Gasteiger partial charge >= 0.3 is 61.6 Å². The molecular weight excluding hydrogens is 782 g/mol. The van der Waals surface area contributed by atoms with E-state index in [1.54, 1.807) is 12.2 Å². The van der Waals surface area contributed by atoms with Crippen molar-refractivity contribution >= 4 is 77.3 Å². The first-order valence-electron chi connectivity index (χ1n) is 17.0. The molecule has 0 amide bonds. The summed E-state index contributed by atoms with van der Waals surface area (Å²) in [4.78, 5) is 101. The minimum Gasteiger partial charge on any atom is -1.00 e. The molecule has 314 valence electrons. The van der Waals surface area contributed by atoms with E-state index in [0.29, 0.717) is 6.42 Å². The SMILES string of the molecule is C=CCC(C(=O)O)C(=O)O.C=CCC(C(=O)O[Si](C)(C)C)C(=O)O[Si](C)(C)C.C=CCC1C(=O)O[B-]2(OC1=O)OC(=O)C(CC=C)C(=O)[OH+]2.C=CCCC(=O)O.[H-].[Li+]. The predicted octanol–water partition coefficient (Wildman–Crippen LogP) is 0.955. The number of allylic oxidation sites excluding steroid dienone is 5. The van der Waals surface area contributed by atoms with E-state index in [4.69, 9.17) is 38.1 Å². The summed E-state index contributed by atoms with van der Waals surface area (Å²) in [6, 6.07) is 0. The van der Waals surface area contributed by atoms with Crippen LogP contribution in [0.5, 0.6) is 0 Å². The van der Waals surface area contributed by atoms with E-state index >= 15 is 0 Å². The van der Waals surface area contributed by atoms with Crippen molar-refractivity contribution in [3.8, 4) is 0 Å². The van der Waals surface area contributed by atoms with Crippen LogP contribution in [-0.4, -0.2) is 97.3 Å². The molecule has 0 aliphatic carbocycles. The number of hydrogen-bond acceptors (Lipinski definition) is 14. The molecule has 0 aromatic heterocycles. The molecule has 0 saturated carbocycles. The van der Waals surface area contributed by atoms with Crippen molar-refractivity contribution in [2.24, 2.45) is 23.7 Å². The topological polar surface area (TPSA) is 273 Å². The predicted molar refractivity (Wildman–Crippen MR) is 207 cm³/mol. The van der Waals surface area contributed by atoms with Crippen LogP contribution in [0.4, 0.5) is 0 Å². The molecule has 0 aromatic carbocycles. The third-order valence-electron chi connectivity index (χ3n) is 6.38. The fourth-order valence-corrected chi connectivity index (χ4v) is 5.40. The van der Waals surface area contributed by atoms with Crippen molar-refractivity contribution in [1.29, 1.82) is 0 Å². The number of carbonyl (C=O) groups is 9. The Morgan fingerprint density at radius 2 is 1.05 bits per heavy atom. The van der Waals surface area contributed by atoms with E-state index in [2.05, 4.69) is 37.5 Å². The van der Waals surface area contributed by atoms with Crippen LogP contribution in [-0.2, 0) is 66.0 Å². The largest absolute Gasteiger partial charge is 1.00 e. The molecule has 0 radical (unpaired) electrons. The van der Waals surface area contributed by atoms with Crippen LogP contribution >= 0.6 is 0 Å². The van der Waals surface area contributed by atoms with Crippen LogP contribution in [0.3, 0.4) is 0 Å². The Kier molecular flexibility index (Phi) is 26.5. The van der Waals surface area contributed by atoms with E-state index in [0.717, 1.165) is 0 Å². The van der Waals surface area contributed by atoms with Gasteiger partial charge in [-0.15, -0.1) is 32.9 Å². The molecule has 4 N–H and O–H groups in total. The maximum atomic E-state index is 12.0. The average Bonchev–Trinajstić information content (AvgIpc) is 3.03. The first-order valence-corrected chi connectivity index (χ1v) is 23.8. The van der Waals surface area contributed by atoms with Crippen molar-refractivity contribution in [3.63, 3.8) is 0 Å². The Bertz CT molecular complexity index is 1400. The summed E-state index contributed by atoms with van der Waals surface area (Å²) in [6.45, 7) is 25.0. The molecule has 2 aliphatic heterocycles. The summed E-state index contributed by atoms with van der Waals surface area (Å²) in [6.07, 6.45) is 8.11. The number of carboxylic acid groups (broad SMARTS) is 3. The third kappa shape index (κ3) is 23.0. The fraction of sp³-hybridized carbons (Fsp3) is 0.457. The number of hydrogen-bond donors (Lipinski definition) is 3. The second-order valence-electron chi connectivity index (χ2n) is 13.7. The Morgan fingerprint density at radius 1 is 0.684 bits per heavy atom. The van der Waals surface area contributed by atoms with Crippen LogP contribution in [0, 0.1) is 23.7 Å². The maximum Gasteiger partial charge on any atom is 1.00 e. The minimum atomic E-state index is -3.39. The molecule has 1 unspecified atom stereocenters. The first-order chi connectivity index (χ1) is 25.7. The number of rotatable bonds is 17. The van der Waals surface area contributed by atoms with E-state index in [1.807, 2.05) is 39.3 Å². The van der Waals surface area contributed by atoms with Gasteiger partial charge in [0.2, 0.25) is 22.6 Å². The Labute approximate surface area is 347 Å². The van der Waals surface area contributed by atoms with Crippen molar-refractivity contribution in [2.45, 2.75) is 77.8 Å². The van der Waals surface area contributed by atoms with Crippen LogP contribution in [0.1, 0.15) is 40.0 Å². The van der Waals surface area contributed by atoms with Crippen LogP contribution in [0.25, 0.3) is 0 Å². The number of carbonyl (C=O) groups excluding carboxylic acids is 5. The van der Waals surface area contributed by atoms with Crippen molar-refractivity contribution in [1.82, 2.24) is 0 Å². The second-order valence-corrected chi connectivity index (χ2v) is 22.5. The van der Waals surface area contributed by atoms with Gasteiger partial charge in [-0.1, -0.05) is 30.4 Å². The summed E-state index contributed by atoms with van der Waals surface area (Å²) < 4.78 is 28.5. The number of carboxylic acids is 4. The molecule has 22 heteroatoms. The zero-order valence-corrected chi connectivity index (χ0v) is 35.6. The van der Waals surface area contributed by atoms with Crippen molar-refractivity contribution in [3.05, 3.63) is 63.3 Å². The van der Waals surface area contributed by atoms with Crippen molar-refractivity contribution in [2.75, 3.05) is 0 Å². The van der Waals surface area contributed by atoms with Gasteiger partial charge in [0.15, 0.2) is 11.8 Å². The average molecular weight is 837 g/mol. The van der Waals surface area contributed by atoms with Gasteiger partial charge in [0.1, 0.15) is 5.92 Å². The summed E-state index contributed by atoms with van der Waals surface area (Å²) in [5, 5.41) is 24.5. The van der Waals surface area contributed by atoms with E-state index < -0.39 is 101 Å². The van der Waals surface area contributed by atoms with Gasteiger partial charge in [-0.25, -0.2) is 0 Å². The van der Waals surface area contributed by atoms with Gasteiger partial charge in [-0.05, 0) is 71.4 Å². The molecule has 0 bridgehead atoms. The van der Waals surface area contributed by atoms with Gasteiger partial charge in [0, 0.05) is 11.2 Å². The van der Waals surface area contributed by atoms with Gasteiger partial charge in [0.05, 0.1) is 0 Å².